The third-order valence-electron chi connectivity index (χ3n) is 3.67. The summed E-state index contributed by atoms with van der Waals surface area (Å²) in [5, 5.41) is 2.70. The van der Waals surface area contributed by atoms with E-state index in [1.807, 2.05) is 6.92 Å². The van der Waals surface area contributed by atoms with Crippen LogP contribution >= 0.6 is 0 Å². The third kappa shape index (κ3) is 5.34. The molecule has 2 heterocycles. The maximum Gasteiger partial charge on any atom is 0.417 e. The van der Waals surface area contributed by atoms with Crippen molar-refractivity contribution in [1.29, 1.82) is 0 Å². The molecule has 1 N–H and O–H groups in total. The number of pyridine rings is 1. The Kier molecular flexibility index (Phi) is 6.00. The molecule has 1 saturated heterocycles. The molecule has 6 nitrogen and oxygen atoms in total. The Hall–Kier alpha value is -1.87. The van der Waals surface area contributed by atoms with Gasteiger partial charge in [-0.25, -0.2) is 0 Å². The van der Waals surface area contributed by atoms with Crippen LogP contribution in [-0.2, 0) is 22.3 Å². The topological polar surface area (TPSA) is 63.6 Å². The van der Waals surface area contributed by atoms with Gasteiger partial charge in [-0.05, 0) is 13.0 Å². The number of aromatic nitrogens is 1. The standard InChI is InChI=1S/C15H20F3N3O3/c1-11(8-20-4-6-24-7-5-20)19-13(22)10-21-9-12(15(16,17)18)2-3-14(21)23/h2-3,9,11H,4-8,10H2,1H3,(H,19,22)/t11-/m0/s1. The van der Waals surface area contributed by atoms with Crippen LogP contribution in [0.2, 0.25) is 0 Å². The zero-order valence-corrected chi connectivity index (χ0v) is 13.3. The van der Waals surface area contributed by atoms with Gasteiger partial charge in [0.05, 0.1) is 18.8 Å². The smallest absolute Gasteiger partial charge is 0.379 e. The first-order valence-electron chi connectivity index (χ1n) is 7.63. The van der Waals surface area contributed by atoms with Gasteiger partial charge in [0.15, 0.2) is 0 Å². The molecule has 1 aromatic rings. The number of hydrogen-bond acceptors (Lipinski definition) is 4. The maximum atomic E-state index is 12.7. The minimum Gasteiger partial charge on any atom is -0.379 e. The summed E-state index contributed by atoms with van der Waals surface area (Å²) in [6.07, 6.45) is -3.90. The molecule has 1 fully saturated rings. The van der Waals surface area contributed by atoms with Crippen LogP contribution < -0.4 is 10.9 Å². The van der Waals surface area contributed by atoms with Gasteiger partial charge in [0.25, 0.3) is 5.56 Å². The number of ether oxygens (including phenoxy) is 1. The summed E-state index contributed by atoms with van der Waals surface area (Å²) < 4.78 is 44.0. The zero-order valence-electron chi connectivity index (χ0n) is 13.3. The van der Waals surface area contributed by atoms with Gasteiger partial charge < -0.3 is 14.6 Å². The molecule has 134 valence electrons. The monoisotopic (exact) mass is 347 g/mol. The van der Waals surface area contributed by atoms with Crippen LogP contribution in [0.5, 0.6) is 0 Å². The summed E-state index contributed by atoms with van der Waals surface area (Å²) in [4.78, 5) is 25.7. The van der Waals surface area contributed by atoms with Gasteiger partial charge in [0, 0.05) is 37.9 Å². The molecule has 0 spiro atoms. The minimum absolute atomic E-state index is 0.183. The fraction of sp³-hybridized carbons (Fsp3) is 0.600. The van der Waals surface area contributed by atoms with Crippen LogP contribution in [0.4, 0.5) is 13.2 Å². The highest BCUT2D eigenvalue weighted by atomic mass is 19.4. The first kappa shape index (κ1) is 18.5. The molecule has 24 heavy (non-hydrogen) atoms. The van der Waals surface area contributed by atoms with Crippen molar-refractivity contribution in [2.24, 2.45) is 0 Å². The fourth-order valence-electron chi connectivity index (χ4n) is 2.51. The summed E-state index contributed by atoms with van der Waals surface area (Å²) in [5.74, 6) is -0.503. The Bertz CT molecular complexity index is 624. The first-order chi connectivity index (χ1) is 11.3. The summed E-state index contributed by atoms with van der Waals surface area (Å²) in [7, 11) is 0. The Morgan fingerprint density at radius 1 is 1.33 bits per heavy atom. The average Bonchev–Trinajstić information content (AvgIpc) is 2.49. The fourth-order valence-corrected chi connectivity index (χ4v) is 2.51. The molecular weight excluding hydrogens is 327 g/mol. The SMILES string of the molecule is C[C@@H](CN1CCOCC1)NC(=O)Cn1cc(C(F)(F)F)ccc1=O. The quantitative estimate of drug-likeness (QED) is 0.852. The number of morpholine rings is 1. The Labute approximate surface area is 137 Å². The third-order valence-corrected chi connectivity index (χ3v) is 3.67. The van der Waals surface area contributed by atoms with Crippen molar-refractivity contribution in [3.05, 3.63) is 34.2 Å². The van der Waals surface area contributed by atoms with E-state index in [0.717, 1.165) is 23.7 Å². The van der Waals surface area contributed by atoms with Crippen molar-refractivity contribution < 1.29 is 22.7 Å². The number of amides is 1. The largest absolute Gasteiger partial charge is 0.417 e. The van der Waals surface area contributed by atoms with Crippen LogP contribution in [0.3, 0.4) is 0 Å². The highest BCUT2D eigenvalue weighted by Gasteiger charge is 2.31. The second-order valence-corrected chi connectivity index (χ2v) is 5.76. The Morgan fingerprint density at radius 2 is 2.00 bits per heavy atom. The molecule has 1 aromatic heterocycles. The van der Waals surface area contributed by atoms with Gasteiger partial charge in [0.1, 0.15) is 6.54 Å². The molecule has 0 saturated carbocycles. The van der Waals surface area contributed by atoms with Crippen molar-refractivity contribution in [1.82, 2.24) is 14.8 Å². The molecule has 0 radical (unpaired) electrons. The zero-order chi connectivity index (χ0) is 17.7. The van der Waals surface area contributed by atoms with Crippen LogP contribution in [0, 0.1) is 0 Å². The van der Waals surface area contributed by atoms with Crippen LogP contribution in [-0.4, -0.2) is 54.3 Å². The number of halogens is 3. The van der Waals surface area contributed by atoms with E-state index in [-0.39, 0.29) is 6.04 Å². The highest BCUT2D eigenvalue weighted by Crippen LogP contribution is 2.27. The molecule has 2 rings (SSSR count). The molecular formula is C15H20F3N3O3. The maximum absolute atomic E-state index is 12.7. The van der Waals surface area contributed by atoms with Crippen LogP contribution in [0.1, 0.15) is 12.5 Å². The van der Waals surface area contributed by atoms with Gasteiger partial charge in [0.2, 0.25) is 5.91 Å². The van der Waals surface area contributed by atoms with E-state index in [9.17, 15) is 22.8 Å². The first-order valence-corrected chi connectivity index (χ1v) is 7.63. The number of rotatable bonds is 5. The molecule has 0 bridgehead atoms. The molecule has 0 aromatic carbocycles. The normalized spacial score (nSPS) is 17.5. The average molecular weight is 347 g/mol. The van der Waals surface area contributed by atoms with Gasteiger partial charge in [-0.2, -0.15) is 13.2 Å². The second kappa shape index (κ2) is 7.80. The lowest BCUT2D eigenvalue weighted by molar-refractivity contribution is -0.138. The predicted octanol–water partition coefficient (Wildman–Crippen LogP) is 0.704. The molecule has 0 unspecified atom stereocenters. The molecule has 0 aliphatic carbocycles. The van der Waals surface area contributed by atoms with Crippen molar-refractivity contribution in [3.63, 3.8) is 0 Å². The molecule has 1 amide bonds. The lowest BCUT2D eigenvalue weighted by Gasteiger charge is -2.29. The van der Waals surface area contributed by atoms with Gasteiger partial charge >= 0.3 is 6.18 Å². The number of hydrogen-bond donors (Lipinski definition) is 1. The summed E-state index contributed by atoms with van der Waals surface area (Å²) in [6, 6.07) is 1.34. The molecule has 9 heteroatoms. The summed E-state index contributed by atoms with van der Waals surface area (Å²) in [5.41, 5.74) is -1.62. The molecule has 1 aliphatic heterocycles. The van der Waals surface area contributed by atoms with E-state index in [2.05, 4.69) is 10.2 Å². The summed E-state index contributed by atoms with van der Waals surface area (Å²) >= 11 is 0. The van der Waals surface area contributed by atoms with Crippen LogP contribution in [0.15, 0.2) is 23.1 Å². The predicted molar refractivity (Wildman–Crippen MR) is 80.6 cm³/mol. The lowest BCUT2D eigenvalue weighted by Crippen LogP contribution is -2.47. The Morgan fingerprint density at radius 3 is 2.62 bits per heavy atom. The summed E-state index contributed by atoms with van der Waals surface area (Å²) in [6.45, 7) is 4.80. The number of alkyl halides is 3. The lowest BCUT2D eigenvalue weighted by atomic mass is 10.2. The highest BCUT2D eigenvalue weighted by molar-refractivity contribution is 5.76. The number of carbonyl (C=O) groups excluding carboxylic acids is 1. The van der Waals surface area contributed by atoms with Gasteiger partial charge in [-0.15, -0.1) is 0 Å². The number of carbonyl (C=O) groups is 1. The van der Waals surface area contributed by atoms with Gasteiger partial charge in [-0.1, -0.05) is 0 Å². The van der Waals surface area contributed by atoms with Crippen LogP contribution in [0.25, 0.3) is 0 Å². The number of nitrogens with zero attached hydrogens (tertiary/aromatic N) is 2. The van der Waals surface area contributed by atoms with E-state index >= 15 is 0 Å². The van der Waals surface area contributed by atoms with Crippen molar-refractivity contribution in [2.75, 3.05) is 32.8 Å². The van der Waals surface area contributed by atoms with Crippen molar-refractivity contribution >= 4 is 5.91 Å². The Balaban J connectivity index is 1.93. The number of nitrogens with one attached hydrogen (secondary N) is 1. The van der Waals surface area contributed by atoms with Crippen molar-refractivity contribution in [2.45, 2.75) is 25.7 Å². The van der Waals surface area contributed by atoms with E-state index in [1.165, 1.54) is 0 Å². The minimum atomic E-state index is -4.56. The van der Waals surface area contributed by atoms with Gasteiger partial charge in [-0.3, -0.25) is 14.5 Å². The van der Waals surface area contributed by atoms with E-state index < -0.39 is 29.8 Å². The second-order valence-electron chi connectivity index (χ2n) is 5.76. The molecule has 1 aliphatic rings. The molecule has 1 atom stereocenters. The van der Waals surface area contributed by atoms with Crippen molar-refractivity contribution in [3.8, 4) is 0 Å². The van der Waals surface area contributed by atoms with E-state index in [0.29, 0.717) is 32.0 Å². The van der Waals surface area contributed by atoms with E-state index in [4.69, 9.17) is 4.74 Å². The van der Waals surface area contributed by atoms with E-state index in [1.54, 1.807) is 0 Å².